The molecule has 0 aromatic carbocycles. The third-order valence-electron chi connectivity index (χ3n) is 5.39. The number of piperidine rings is 1. The number of nitrogens with one attached hydrogen (secondary N) is 1. The Morgan fingerprint density at radius 1 is 1.20 bits per heavy atom. The minimum absolute atomic E-state index is 0.0207. The van der Waals surface area contributed by atoms with Gasteiger partial charge in [0.05, 0.1) is 12.2 Å². The van der Waals surface area contributed by atoms with Crippen LogP contribution in [0.15, 0.2) is 4.99 Å². The zero-order valence-corrected chi connectivity index (χ0v) is 15.6. The third kappa shape index (κ3) is 5.07. The molecule has 3 saturated heterocycles. The highest BCUT2D eigenvalue weighted by Gasteiger charge is 2.33. The minimum Gasteiger partial charge on any atom is -0.378 e. The summed E-state index contributed by atoms with van der Waals surface area (Å²) in [5.41, 5.74) is 0. The number of guanidine groups is 1. The molecular weight excluding hydrogens is 320 g/mol. The smallest absolute Gasteiger partial charge is 0.243 e. The second-order valence-corrected chi connectivity index (χ2v) is 7.49. The van der Waals surface area contributed by atoms with Gasteiger partial charge in [-0.25, -0.2) is 4.99 Å². The van der Waals surface area contributed by atoms with E-state index in [0.29, 0.717) is 12.0 Å². The van der Waals surface area contributed by atoms with Gasteiger partial charge in [-0.15, -0.1) is 0 Å². The van der Waals surface area contributed by atoms with E-state index in [1.807, 2.05) is 0 Å². The Morgan fingerprint density at radius 2 is 2.00 bits per heavy atom. The maximum Gasteiger partial charge on any atom is 0.243 e. The van der Waals surface area contributed by atoms with Gasteiger partial charge in [-0.05, 0) is 32.1 Å². The number of hydrogen-bond donors (Lipinski definition) is 1. The number of aliphatic imine (C=N–C) groups is 1. The number of likely N-dealkylation sites (N-methyl/N-ethyl adjacent to an activating group) is 1. The normalized spacial score (nSPS) is 30.1. The second-order valence-electron chi connectivity index (χ2n) is 7.49. The molecule has 0 bridgehead atoms. The monoisotopic (exact) mass is 352 g/mol. The van der Waals surface area contributed by atoms with Crippen molar-refractivity contribution < 1.29 is 14.3 Å². The van der Waals surface area contributed by atoms with Gasteiger partial charge in [-0.1, -0.05) is 0 Å². The summed E-state index contributed by atoms with van der Waals surface area (Å²) in [7, 11) is 3.53. The number of nitrogens with zero attached hydrogens (tertiary/aromatic N) is 3. The van der Waals surface area contributed by atoms with Crippen molar-refractivity contribution in [2.75, 3.05) is 53.5 Å². The Hall–Kier alpha value is -1.34. The average molecular weight is 352 g/mol. The largest absolute Gasteiger partial charge is 0.378 e. The lowest BCUT2D eigenvalue weighted by Gasteiger charge is -2.42. The zero-order chi connectivity index (χ0) is 17.6. The predicted molar refractivity (Wildman–Crippen MR) is 96.6 cm³/mol. The topological polar surface area (TPSA) is 66.4 Å². The van der Waals surface area contributed by atoms with Gasteiger partial charge in [0.25, 0.3) is 0 Å². The summed E-state index contributed by atoms with van der Waals surface area (Å²) >= 11 is 0. The highest BCUT2D eigenvalue weighted by atomic mass is 16.5. The SMILES string of the molecule is CN(C)C(=O)CN=C(NCC1CCCO1)N1CCC2OCCCC2C1. The van der Waals surface area contributed by atoms with E-state index < -0.39 is 0 Å². The molecule has 3 fully saturated rings. The Bertz CT molecular complexity index is 477. The quantitative estimate of drug-likeness (QED) is 0.596. The molecule has 3 unspecified atom stereocenters. The Labute approximate surface area is 150 Å². The van der Waals surface area contributed by atoms with Crippen LogP contribution < -0.4 is 5.32 Å². The van der Waals surface area contributed by atoms with Crippen LogP contribution in [0, 0.1) is 5.92 Å². The van der Waals surface area contributed by atoms with Gasteiger partial charge in [0.1, 0.15) is 6.54 Å². The molecule has 0 aromatic heterocycles. The van der Waals surface area contributed by atoms with Gasteiger partial charge >= 0.3 is 0 Å². The molecular formula is C18H32N4O3. The van der Waals surface area contributed by atoms with Crippen LogP contribution in [0.1, 0.15) is 32.1 Å². The molecule has 3 heterocycles. The number of fused-ring (bicyclic) bond motifs is 1. The number of amides is 1. The van der Waals surface area contributed by atoms with Gasteiger partial charge in [0, 0.05) is 52.9 Å². The van der Waals surface area contributed by atoms with Crippen molar-refractivity contribution in [1.82, 2.24) is 15.1 Å². The lowest BCUT2D eigenvalue weighted by molar-refractivity contribution is -0.127. The van der Waals surface area contributed by atoms with Crippen molar-refractivity contribution in [2.45, 2.75) is 44.3 Å². The molecule has 25 heavy (non-hydrogen) atoms. The number of carbonyl (C=O) groups excluding carboxylic acids is 1. The van der Waals surface area contributed by atoms with Crippen molar-refractivity contribution in [3.05, 3.63) is 0 Å². The summed E-state index contributed by atoms with van der Waals surface area (Å²) in [4.78, 5) is 20.4. The predicted octanol–water partition coefficient (Wildman–Crippen LogP) is 0.700. The highest BCUT2D eigenvalue weighted by molar-refractivity contribution is 5.85. The van der Waals surface area contributed by atoms with E-state index in [-0.39, 0.29) is 18.6 Å². The van der Waals surface area contributed by atoms with Crippen molar-refractivity contribution in [2.24, 2.45) is 10.9 Å². The van der Waals surface area contributed by atoms with E-state index in [4.69, 9.17) is 9.47 Å². The molecule has 142 valence electrons. The number of hydrogen-bond acceptors (Lipinski definition) is 4. The zero-order valence-electron chi connectivity index (χ0n) is 15.6. The Balaban J connectivity index is 1.61. The van der Waals surface area contributed by atoms with E-state index in [1.165, 1.54) is 6.42 Å². The molecule has 3 aliphatic heterocycles. The highest BCUT2D eigenvalue weighted by Crippen LogP contribution is 2.28. The summed E-state index contributed by atoms with van der Waals surface area (Å²) in [6.45, 7) is 4.57. The van der Waals surface area contributed by atoms with E-state index >= 15 is 0 Å². The van der Waals surface area contributed by atoms with Gasteiger partial charge in [0.2, 0.25) is 5.91 Å². The fourth-order valence-electron chi connectivity index (χ4n) is 3.84. The molecule has 0 saturated carbocycles. The second kappa shape index (κ2) is 8.85. The van der Waals surface area contributed by atoms with E-state index in [0.717, 1.165) is 64.5 Å². The van der Waals surface area contributed by atoms with E-state index in [2.05, 4.69) is 15.2 Å². The average Bonchev–Trinajstić information content (AvgIpc) is 3.14. The molecule has 0 spiro atoms. The van der Waals surface area contributed by atoms with Crippen LogP contribution >= 0.6 is 0 Å². The first-order chi connectivity index (χ1) is 12.1. The van der Waals surface area contributed by atoms with Crippen molar-refractivity contribution in [3.63, 3.8) is 0 Å². The number of likely N-dealkylation sites (tertiary alicyclic amines) is 1. The summed E-state index contributed by atoms with van der Waals surface area (Å²) in [6.07, 6.45) is 6.27. The van der Waals surface area contributed by atoms with Crippen LogP contribution in [0.4, 0.5) is 0 Å². The lowest BCUT2D eigenvalue weighted by Crippen LogP contribution is -2.53. The number of ether oxygens (including phenoxy) is 2. The molecule has 3 atom stereocenters. The van der Waals surface area contributed by atoms with Crippen LogP contribution in [0.2, 0.25) is 0 Å². The maximum absolute atomic E-state index is 11.9. The molecule has 1 N–H and O–H groups in total. The molecule has 7 heteroatoms. The van der Waals surface area contributed by atoms with E-state index in [9.17, 15) is 4.79 Å². The Kier molecular flexibility index (Phi) is 6.53. The molecule has 0 aliphatic carbocycles. The molecule has 0 aromatic rings. The van der Waals surface area contributed by atoms with Crippen LogP contribution in [0.5, 0.6) is 0 Å². The molecule has 3 aliphatic rings. The van der Waals surface area contributed by atoms with E-state index in [1.54, 1.807) is 19.0 Å². The van der Waals surface area contributed by atoms with Crippen molar-refractivity contribution in [1.29, 1.82) is 0 Å². The van der Waals surface area contributed by atoms with Crippen LogP contribution in [-0.2, 0) is 14.3 Å². The van der Waals surface area contributed by atoms with Gasteiger partial charge in [0.15, 0.2) is 5.96 Å². The number of rotatable bonds is 4. The van der Waals surface area contributed by atoms with Crippen LogP contribution in [0.3, 0.4) is 0 Å². The van der Waals surface area contributed by atoms with Crippen LogP contribution in [0.25, 0.3) is 0 Å². The first-order valence-electron chi connectivity index (χ1n) is 9.60. The summed E-state index contributed by atoms with van der Waals surface area (Å²) in [5.74, 6) is 1.43. The van der Waals surface area contributed by atoms with Gasteiger partial charge < -0.3 is 24.6 Å². The molecule has 3 rings (SSSR count). The first-order valence-corrected chi connectivity index (χ1v) is 9.60. The van der Waals surface area contributed by atoms with Crippen molar-refractivity contribution >= 4 is 11.9 Å². The maximum atomic E-state index is 11.9. The lowest BCUT2D eigenvalue weighted by atomic mass is 9.88. The fourth-order valence-corrected chi connectivity index (χ4v) is 3.84. The van der Waals surface area contributed by atoms with Gasteiger partial charge in [-0.2, -0.15) is 0 Å². The first kappa shape index (κ1) is 18.5. The standard InChI is InChI=1S/C18H32N4O3/c1-21(2)17(23)12-20-18(19-11-15-6-4-9-24-15)22-8-7-16-14(13-22)5-3-10-25-16/h14-16H,3-13H2,1-2H3,(H,19,20). The fraction of sp³-hybridized carbons (Fsp3) is 0.889. The van der Waals surface area contributed by atoms with Crippen molar-refractivity contribution in [3.8, 4) is 0 Å². The minimum atomic E-state index is 0.0207. The Morgan fingerprint density at radius 3 is 2.76 bits per heavy atom. The third-order valence-corrected chi connectivity index (χ3v) is 5.39. The summed E-state index contributed by atoms with van der Waals surface area (Å²) in [6, 6.07) is 0. The molecule has 1 amide bonds. The number of carbonyl (C=O) groups is 1. The molecule has 0 radical (unpaired) electrons. The molecule has 7 nitrogen and oxygen atoms in total. The van der Waals surface area contributed by atoms with Crippen LogP contribution in [-0.4, -0.2) is 87.4 Å². The summed E-state index contributed by atoms with van der Waals surface area (Å²) < 4.78 is 11.6. The van der Waals surface area contributed by atoms with Gasteiger partial charge in [-0.3, -0.25) is 4.79 Å². The summed E-state index contributed by atoms with van der Waals surface area (Å²) in [5, 5.41) is 3.46.